The number of likely N-dealkylation sites (N-methyl/N-ethyl adjacent to an activating group) is 1. The minimum absolute atomic E-state index is 0.174. The van der Waals surface area contributed by atoms with E-state index in [1.165, 1.54) is 0 Å². The number of carbonyl (C=O) groups is 1. The smallest absolute Gasteiger partial charge is 0.222 e. The molecule has 26 heavy (non-hydrogen) atoms. The Balaban J connectivity index is 1.21. The van der Waals surface area contributed by atoms with Crippen LogP contribution in [0.15, 0.2) is 24.3 Å². The molecule has 3 aliphatic rings. The van der Waals surface area contributed by atoms with Crippen LogP contribution in [0.1, 0.15) is 19.3 Å². The minimum atomic E-state index is -0.174. The van der Waals surface area contributed by atoms with Gasteiger partial charge in [0, 0.05) is 77.1 Å². The predicted octanol–water partition coefficient (Wildman–Crippen LogP) is 1.64. The molecule has 4 rings (SSSR count). The fourth-order valence-electron chi connectivity index (χ4n) is 4.49. The summed E-state index contributed by atoms with van der Waals surface area (Å²) in [7, 11) is 1.96. The van der Waals surface area contributed by atoms with Gasteiger partial charge in [-0.15, -0.1) is 0 Å². The van der Waals surface area contributed by atoms with E-state index in [9.17, 15) is 9.18 Å². The highest BCUT2D eigenvalue weighted by Crippen LogP contribution is 2.23. The summed E-state index contributed by atoms with van der Waals surface area (Å²) in [6, 6.07) is 7.87. The average molecular weight is 360 g/mol. The maximum Gasteiger partial charge on any atom is 0.222 e. The summed E-state index contributed by atoms with van der Waals surface area (Å²) in [5.74, 6) is 0.127. The van der Waals surface area contributed by atoms with Crippen LogP contribution in [-0.2, 0) is 4.79 Å². The molecule has 3 heterocycles. The zero-order valence-corrected chi connectivity index (χ0v) is 15.6. The summed E-state index contributed by atoms with van der Waals surface area (Å²) in [4.78, 5) is 21.2. The van der Waals surface area contributed by atoms with Crippen molar-refractivity contribution in [2.75, 3.05) is 57.8 Å². The van der Waals surface area contributed by atoms with Gasteiger partial charge in [0.25, 0.3) is 0 Å². The predicted molar refractivity (Wildman–Crippen MR) is 101 cm³/mol. The molecule has 0 bridgehead atoms. The zero-order chi connectivity index (χ0) is 18.1. The van der Waals surface area contributed by atoms with Gasteiger partial charge in [-0.25, -0.2) is 4.39 Å². The first-order valence-corrected chi connectivity index (χ1v) is 9.83. The highest BCUT2D eigenvalue weighted by atomic mass is 19.1. The third kappa shape index (κ3) is 3.71. The first-order valence-electron chi connectivity index (χ1n) is 9.83. The fraction of sp³-hybridized carbons (Fsp3) is 0.650. The fourth-order valence-corrected chi connectivity index (χ4v) is 4.49. The average Bonchev–Trinajstić information content (AvgIpc) is 2.62. The monoisotopic (exact) mass is 360 g/mol. The molecule has 3 fully saturated rings. The van der Waals surface area contributed by atoms with Crippen molar-refractivity contribution in [2.45, 2.75) is 31.3 Å². The van der Waals surface area contributed by atoms with Crippen molar-refractivity contribution in [1.29, 1.82) is 0 Å². The molecule has 1 aromatic carbocycles. The van der Waals surface area contributed by atoms with E-state index in [0.717, 1.165) is 64.3 Å². The van der Waals surface area contributed by atoms with Gasteiger partial charge in [-0.05, 0) is 37.1 Å². The van der Waals surface area contributed by atoms with Crippen molar-refractivity contribution in [3.05, 3.63) is 30.1 Å². The lowest BCUT2D eigenvalue weighted by Crippen LogP contribution is -2.64. The Labute approximate surface area is 155 Å². The lowest BCUT2D eigenvalue weighted by molar-refractivity contribution is -0.135. The molecule has 3 saturated heterocycles. The van der Waals surface area contributed by atoms with Crippen LogP contribution in [0.2, 0.25) is 0 Å². The molecule has 0 spiro atoms. The van der Waals surface area contributed by atoms with Crippen LogP contribution in [0.4, 0.5) is 10.1 Å². The number of hydrogen-bond acceptors (Lipinski definition) is 4. The molecule has 6 heteroatoms. The summed E-state index contributed by atoms with van der Waals surface area (Å²) < 4.78 is 13.1. The van der Waals surface area contributed by atoms with Gasteiger partial charge in [-0.1, -0.05) is 0 Å². The van der Waals surface area contributed by atoms with E-state index in [2.05, 4.69) is 14.7 Å². The van der Waals surface area contributed by atoms with Crippen LogP contribution < -0.4 is 4.90 Å². The van der Waals surface area contributed by atoms with E-state index in [-0.39, 0.29) is 5.82 Å². The number of rotatable bonds is 4. The van der Waals surface area contributed by atoms with Gasteiger partial charge in [-0.2, -0.15) is 0 Å². The molecule has 5 nitrogen and oxygen atoms in total. The van der Waals surface area contributed by atoms with Crippen molar-refractivity contribution in [3.8, 4) is 0 Å². The van der Waals surface area contributed by atoms with Crippen molar-refractivity contribution in [1.82, 2.24) is 14.7 Å². The highest BCUT2D eigenvalue weighted by molar-refractivity contribution is 5.76. The number of hydrogen-bond donors (Lipinski definition) is 0. The van der Waals surface area contributed by atoms with Gasteiger partial charge in [0.1, 0.15) is 5.82 Å². The van der Waals surface area contributed by atoms with E-state index in [4.69, 9.17) is 0 Å². The van der Waals surface area contributed by atoms with E-state index >= 15 is 0 Å². The SMILES string of the molecule is CN1C(=O)CCCC1CN1CC(N2CCN(c3ccc(F)cc3)CC2)C1. The van der Waals surface area contributed by atoms with Gasteiger partial charge in [0.2, 0.25) is 5.91 Å². The van der Waals surface area contributed by atoms with Crippen LogP contribution in [0, 0.1) is 5.82 Å². The minimum Gasteiger partial charge on any atom is -0.369 e. The largest absolute Gasteiger partial charge is 0.369 e. The Hall–Kier alpha value is -1.66. The van der Waals surface area contributed by atoms with Crippen molar-refractivity contribution in [3.63, 3.8) is 0 Å². The molecule has 0 aliphatic carbocycles. The van der Waals surface area contributed by atoms with Crippen molar-refractivity contribution < 1.29 is 9.18 Å². The number of likely N-dealkylation sites (tertiary alicyclic amines) is 2. The summed E-state index contributed by atoms with van der Waals surface area (Å²) >= 11 is 0. The molecular formula is C20H29FN4O. The number of halogens is 1. The maximum atomic E-state index is 13.1. The second-order valence-corrected chi connectivity index (χ2v) is 7.92. The molecule has 142 valence electrons. The molecule has 0 N–H and O–H groups in total. The van der Waals surface area contributed by atoms with Gasteiger partial charge < -0.3 is 9.80 Å². The summed E-state index contributed by atoms with van der Waals surface area (Å²) in [5.41, 5.74) is 1.12. The molecule has 1 atom stereocenters. The number of piperazine rings is 1. The third-order valence-electron chi connectivity index (χ3n) is 6.30. The lowest BCUT2D eigenvalue weighted by Gasteiger charge is -2.50. The van der Waals surface area contributed by atoms with Gasteiger partial charge in [0.05, 0.1) is 0 Å². The molecule has 0 radical (unpaired) electrons. The normalized spacial score (nSPS) is 26.2. The Morgan fingerprint density at radius 2 is 1.77 bits per heavy atom. The number of benzene rings is 1. The molecule has 0 aromatic heterocycles. The standard InChI is InChI=1S/C20H29FN4O/c1-22-18(3-2-4-20(22)26)13-23-14-19(15-23)25-11-9-24(10-12-25)17-7-5-16(21)6-8-17/h5-8,18-19H,2-4,9-15H2,1H3. The second kappa shape index (κ2) is 7.53. The summed E-state index contributed by atoms with van der Waals surface area (Å²) in [5, 5.41) is 0. The summed E-state index contributed by atoms with van der Waals surface area (Å²) in [6.45, 7) is 7.40. The molecule has 1 amide bonds. The van der Waals surface area contributed by atoms with E-state index in [1.54, 1.807) is 12.1 Å². The summed E-state index contributed by atoms with van der Waals surface area (Å²) in [6.07, 6.45) is 2.89. The second-order valence-electron chi connectivity index (χ2n) is 7.92. The first-order chi connectivity index (χ1) is 12.6. The number of anilines is 1. The van der Waals surface area contributed by atoms with E-state index < -0.39 is 0 Å². The van der Waals surface area contributed by atoms with Crippen LogP contribution in [-0.4, -0.2) is 85.6 Å². The molecule has 1 unspecified atom stereocenters. The Bertz CT molecular complexity index is 623. The lowest BCUT2D eigenvalue weighted by atomic mass is 9.98. The quantitative estimate of drug-likeness (QED) is 0.817. The van der Waals surface area contributed by atoms with Crippen LogP contribution in [0.5, 0.6) is 0 Å². The van der Waals surface area contributed by atoms with Crippen LogP contribution >= 0.6 is 0 Å². The number of piperidine rings is 1. The van der Waals surface area contributed by atoms with Crippen LogP contribution in [0.25, 0.3) is 0 Å². The van der Waals surface area contributed by atoms with E-state index in [1.807, 2.05) is 24.1 Å². The highest BCUT2D eigenvalue weighted by Gasteiger charge is 2.36. The molecule has 1 aromatic rings. The number of amides is 1. The maximum absolute atomic E-state index is 13.1. The van der Waals surface area contributed by atoms with Gasteiger partial charge in [0.15, 0.2) is 0 Å². The number of carbonyl (C=O) groups excluding carboxylic acids is 1. The molecule has 0 saturated carbocycles. The van der Waals surface area contributed by atoms with E-state index in [0.29, 0.717) is 24.4 Å². The third-order valence-corrected chi connectivity index (χ3v) is 6.30. The Kier molecular flexibility index (Phi) is 5.14. The Morgan fingerprint density at radius 1 is 1.08 bits per heavy atom. The topological polar surface area (TPSA) is 30.0 Å². The Morgan fingerprint density at radius 3 is 2.46 bits per heavy atom. The molecular weight excluding hydrogens is 331 g/mol. The van der Waals surface area contributed by atoms with Gasteiger partial charge in [-0.3, -0.25) is 14.6 Å². The first kappa shape index (κ1) is 17.7. The number of nitrogens with zero attached hydrogens (tertiary/aromatic N) is 4. The van der Waals surface area contributed by atoms with Crippen molar-refractivity contribution >= 4 is 11.6 Å². The zero-order valence-electron chi connectivity index (χ0n) is 15.6. The van der Waals surface area contributed by atoms with Crippen molar-refractivity contribution in [2.24, 2.45) is 0 Å². The van der Waals surface area contributed by atoms with Gasteiger partial charge >= 0.3 is 0 Å². The molecule has 3 aliphatic heterocycles. The van der Waals surface area contributed by atoms with Crippen LogP contribution in [0.3, 0.4) is 0 Å².